The van der Waals surface area contributed by atoms with Crippen LogP contribution in [-0.2, 0) is 22.6 Å². The van der Waals surface area contributed by atoms with Gasteiger partial charge in [0.15, 0.2) is 0 Å². The second kappa shape index (κ2) is 7.99. The predicted molar refractivity (Wildman–Crippen MR) is 97.4 cm³/mol. The number of nitrogens with zero attached hydrogens (tertiary/aromatic N) is 4. The van der Waals surface area contributed by atoms with Gasteiger partial charge in [-0.25, -0.2) is 4.68 Å². The lowest BCUT2D eigenvalue weighted by Gasteiger charge is -2.16. The number of amides is 1. The molecule has 138 valence electrons. The number of hydrogen-bond donors (Lipinski definition) is 0. The summed E-state index contributed by atoms with van der Waals surface area (Å²) >= 11 is 0. The van der Waals surface area contributed by atoms with E-state index in [2.05, 4.69) is 22.4 Å². The maximum atomic E-state index is 12.5. The van der Waals surface area contributed by atoms with E-state index in [4.69, 9.17) is 4.74 Å². The van der Waals surface area contributed by atoms with Crippen LogP contribution in [0.25, 0.3) is 0 Å². The fourth-order valence-electron chi connectivity index (χ4n) is 3.41. The Bertz CT molecular complexity index is 726. The second-order valence-corrected chi connectivity index (χ2v) is 7.42. The van der Waals surface area contributed by atoms with Gasteiger partial charge in [0.1, 0.15) is 5.69 Å². The highest BCUT2D eigenvalue weighted by Gasteiger charge is 2.28. The molecule has 1 amide bonds. The van der Waals surface area contributed by atoms with Crippen LogP contribution >= 0.6 is 0 Å². The monoisotopic (exact) mass is 354 g/mol. The Labute approximate surface area is 154 Å². The molecule has 1 aliphatic heterocycles. The van der Waals surface area contributed by atoms with Gasteiger partial charge < -0.3 is 9.64 Å². The summed E-state index contributed by atoms with van der Waals surface area (Å²) in [4.78, 5) is 14.4. The van der Waals surface area contributed by atoms with Gasteiger partial charge in [-0.1, -0.05) is 35.5 Å². The molecule has 0 bridgehead atoms. The van der Waals surface area contributed by atoms with E-state index >= 15 is 0 Å². The maximum Gasteiger partial charge on any atom is 0.222 e. The first-order valence-corrected chi connectivity index (χ1v) is 9.58. The van der Waals surface area contributed by atoms with Crippen LogP contribution in [0.5, 0.6) is 0 Å². The molecule has 1 aromatic carbocycles. The third-order valence-electron chi connectivity index (χ3n) is 5.22. The summed E-state index contributed by atoms with van der Waals surface area (Å²) in [5.41, 5.74) is 2.09. The summed E-state index contributed by atoms with van der Waals surface area (Å²) in [7, 11) is 0. The molecule has 0 spiro atoms. The first-order valence-electron chi connectivity index (χ1n) is 9.58. The number of carbonyl (C=O) groups excluding carboxylic acids is 1. The maximum absolute atomic E-state index is 12.5. The van der Waals surface area contributed by atoms with Crippen LogP contribution in [0.2, 0.25) is 0 Å². The van der Waals surface area contributed by atoms with Gasteiger partial charge in [-0.15, -0.1) is 5.10 Å². The van der Waals surface area contributed by atoms with Gasteiger partial charge in [-0.2, -0.15) is 0 Å². The third-order valence-corrected chi connectivity index (χ3v) is 5.22. The summed E-state index contributed by atoms with van der Waals surface area (Å²) < 4.78 is 7.58. The van der Waals surface area contributed by atoms with E-state index in [1.54, 1.807) is 0 Å². The van der Waals surface area contributed by atoms with E-state index in [9.17, 15) is 4.79 Å². The minimum Gasteiger partial charge on any atom is -0.375 e. The highest BCUT2D eigenvalue weighted by atomic mass is 16.5. The molecule has 26 heavy (non-hydrogen) atoms. The highest BCUT2D eigenvalue weighted by molar-refractivity contribution is 5.76. The van der Waals surface area contributed by atoms with Crippen molar-refractivity contribution in [2.75, 3.05) is 19.7 Å². The van der Waals surface area contributed by atoms with Crippen molar-refractivity contribution in [2.24, 2.45) is 5.92 Å². The van der Waals surface area contributed by atoms with Crippen molar-refractivity contribution >= 4 is 5.91 Å². The molecule has 2 aliphatic rings. The van der Waals surface area contributed by atoms with Crippen LogP contribution in [0, 0.1) is 5.92 Å². The SMILES string of the molecule is O=C(CCc1ccccc1)N1CCC(n2cc(COCC3CC3)nn2)C1. The Morgan fingerprint density at radius 2 is 2.04 bits per heavy atom. The number of carbonyl (C=O) groups is 1. The normalized spacial score (nSPS) is 19.8. The molecular weight excluding hydrogens is 328 g/mol. The second-order valence-electron chi connectivity index (χ2n) is 7.42. The first-order chi connectivity index (χ1) is 12.8. The van der Waals surface area contributed by atoms with Crippen LogP contribution < -0.4 is 0 Å². The number of hydrogen-bond acceptors (Lipinski definition) is 4. The van der Waals surface area contributed by atoms with Gasteiger partial charge in [-0.05, 0) is 37.2 Å². The standard InChI is InChI=1S/C20H26N4O2/c25-20(9-8-16-4-2-1-3-5-16)23-11-10-19(13-23)24-12-18(21-22-24)15-26-14-17-6-7-17/h1-5,12,17,19H,6-11,13-15H2. The molecule has 1 unspecified atom stereocenters. The molecule has 6 nitrogen and oxygen atoms in total. The van der Waals surface area contributed by atoms with Gasteiger partial charge >= 0.3 is 0 Å². The zero-order valence-electron chi connectivity index (χ0n) is 15.1. The lowest BCUT2D eigenvalue weighted by atomic mass is 10.1. The van der Waals surface area contributed by atoms with E-state index in [-0.39, 0.29) is 11.9 Å². The van der Waals surface area contributed by atoms with E-state index in [1.807, 2.05) is 34.0 Å². The molecule has 1 atom stereocenters. The van der Waals surface area contributed by atoms with Crippen LogP contribution in [0.4, 0.5) is 0 Å². The molecule has 1 aromatic heterocycles. The Hall–Kier alpha value is -2.21. The molecule has 2 aromatic rings. The minimum atomic E-state index is 0.223. The molecule has 0 radical (unpaired) electrons. The van der Waals surface area contributed by atoms with E-state index in [0.717, 1.165) is 44.1 Å². The zero-order valence-corrected chi connectivity index (χ0v) is 15.1. The number of ether oxygens (including phenoxy) is 1. The van der Waals surface area contributed by atoms with Crippen molar-refractivity contribution in [3.63, 3.8) is 0 Å². The summed E-state index contributed by atoms with van der Waals surface area (Å²) in [6.45, 7) is 2.88. The summed E-state index contributed by atoms with van der Waals surface area (Å²) in [5, 5.41) is 8.46. The Balaban J connectivity index is 1.23. The topological polar surface area (TPSA) is 60.2 Å². The molecule has 2 heterocycles. The molecule has 2 fully saturated rings. The van der Waals surface area contributed by atoms with E-state index in [1.165, 1.54) is 18.4 Å². The quantitative estimate of drug-likeness (QED) is 0.731. The average molecular weight is 354 g/mol. The Kier molecular flexibility index (Phi) is 5.29. The molecule has 1 aliphatic carbocycles. The van der Waals surface area contributed by atoms with Crippen molar-refractivity contribution in [1.29, 1.82) is 0 Å². The third kappa shape index (κ3) is 4.49. The van der Waals surface area contributed by atoms with Crippen molar-refractivity contribution in [1.82, 2.24) is 19.9 Å². The molecule has 4 rings (SSSR count). The van der Waals surface area contributed by atoms with Crippen LogP contribution in [0.15, 0.2) is 36.5 Å². The number of benzene rings is 1. The lowest BCUT2D eigenvalue weighted by Crippen LogP contribution is -2.29. The van der Waals surface area contributed by atoms with E-state index < -0.39 is 0 Å². The highest BCUT2D eigenvalue weighted by Crippen LogP contribution is 2.29. The molecule has 1 saturated heterocycles. The van der Waals surface area contributed by atoms with Crippen LogP contribution in [0.3, 0.4) is 0 Å². The summed E-state index contributed by atoms with van der Waals surface area (Å²) in [6, 6.07) is 10.4. The first kappa shape index (κ1) is 17.2. The van der Waals surface area contributed by atoms with Gasteiger partial charge in [0.05, 0.1) is 18.8 Å². The smallest absolute Gasteiger partial charge is 0.222 e. The molecule has 6 heteroatoms. The van der Waals surface area contributed by atoms with Crippen LogP contribution in [0.1, 0.15) is 43.0 Å². The van der Waals surface area contributed by atoms with Gasteiger partial charge in [0.2, 0.25) is 5.91 Å². The van der Waals surface area contributed by atoms with Crippen molar-refractivity contribution < 1.29 is 9.53 Å². The summed E-state index contributed by atoms with van der Waals surface area (Å²) in [6.07, 6.45) is 6.85. The number of aryl methyl sites for hydroxylation is 1. The van der Waals surface area contributed by atoms with Crippen molar-refractivity contribution in [3.8, 4) is 0 Å². The summed E-state index contributed by atoms with van der Waals surface area (Å²) in [5.74, 6) is 0.986. The van der Waals surface area contributed by atoms with Gasteiger partial charge in [-0.3, -0.25) is 4.79 Å². The largest absolute Gasteiger partial charge is 0.375 e. The average Bonchev–Trinajstić information content (AvgIpc) is 3.16. The van der Waals surface area contributed by atoms with Gasteiger partial charge in [0, 0.05) is 26.1 Å². The van der Waals surface area contributed by atoms with Crippen LogP contribution in [-0.4, -0.2) is 45.5 Å². The minimum absolute atomic E-state index is 0.223. The molecular formula is C20H26N4O2. The molecule has 0 N–H and O–H groups in total. The van der Waals surface area contributed by atoms with Gasteiger partial charge in [0.25, 0.3) is 0 Å². The Morgan fingerprint density at radius 1 is 1.19 bits per heavy atom. The van der Waals surface area contributed by atoms with Crippen molar-refractivity contribution in [2.45, 2.75) is 44.8 Å². The Morgan fingerprint density at radius 3 is 2.85 bits per heavy atom. The zero-order chi connectivity index (χ0) is 17.8. The molecule has 1 saturated carbocycles. The van der Waals surface area contributed by atoms with E-state index in [0.29, 0.717) is 13.0 Å². The fraction of sp³-hybridized carbons (Fsp3) is 0.550. The predicted octanol–water partition coefficient (Wildman–Crippen LogP) is 2.61. The lowest BCUT2D eigenvalue weighted by molar-refractivity contribution is -0.130. The number of rotatable bonds is 8. The number of likely N-dealkylation sites (tertiary alicyclic amines) is 1. The number of aromatic nitrogens is 3. The van der Waals surface area contributed by atoms with Crippen molar-refractivity contribution in [3.05, 3.63) is 47.8 Å². The fourth-order valence-corrected chi connectivity index (χ4v) is 3.41.